The van der Waals surface area contributed by atoms with E-state index in [1.165, 1.54) is 24.3 Å². The molecule has 0 aliphatic rings. The Morgan fingerprint density at radius 2 is 1.07 bits per heavy atom. The first-order valence-electron chi connectivity index (χ1n) is 8.92. The topological polar surface area (TPSA) is 87.2 Å². The molecule has 2 unspecified atom stereocenters. The number of aromatic nitrogens is 8. The molecule has 0 N–H and O–H groups in total. The number of nitrogens with zero attached hydrogens (tertiary/aromatic N) is 8. The van der Waals surface area contributed by atoms with Gasteiger partial charge in [0.25, 0.3) is 0 Å². The van der Waals surface area contributed by atoms with E-state index in [9.17, 15) is 8.78 Å². The van der Waals surface area contributed by atoms with Gasteiger partial charge in [0.1, 0.15) is 0 Å². The molecule has 154 valence electrons. The molecule has 12 heteroatoms. The van der Waals surface area contributed by atoms with Crippen molar-refractivity contribution >= 4 is 26.3 Å². The molecule has 0 amide bonds. The van der Waals surface area contributed by atoms with Crippen LogP contribution in [0.15, 0.2) is 61.2 Å². The standard InChI is InChI=1S/C18H16F2N8Se2/c19-15-5-1-13(2-6-15)17(9-27-11-21-23-25-27)29-30-18(10-28-12-22-24-26-28)14-3-7-16(20)8-4-14/h1-8,11-12,17-18H,9-10H2. The van der Waals surface area contributed by atoms with E-state index in [1.807, 2.05) is 24.3 Å². The Hall–Kier alpha value is -2.52. The molecular formula is C18H16F2N8Se2. The Labute approximate surface area is 181 Å². The van der Waals surface area contributed by atoms with Crippen LogP contribution in [0.4, 0.5) is 8.78 Å². The average Bonchev–Trinajstić information content (AvgIpc) is 3.46. The van der Waals surface area contributed by atoms with Gasteiger partial charge in [0, 0.05) is 0 Å². The fraction of sp³-hybridized carbons (Fsp3) is 0.222. The number of hydrogen-bond acceptors (Lipinski definition) is 6. The van der Waals surface area contributed by atoms with Crippen molar-refractivity contribution < 1.29 is 8.78 Å². The van der Waals surface area contributed by atoms with Gasteiger partial charge in [-0.3, -0.25) is 0 Å². The summed E-state index contributed by atoms with van der Waals surface area (Å²) in [4.78, 5) is 0.330. The van der Waals surface area contributed by atoms with Crippen molar-refractivity contribution in [2.24, 2.45) is 0 Å². The molecule has 0 saturated heterocycles. The van der Waals surface area contributed by atoms with Gasteiger partial charge in [0.15, 0.2) is 0 Å². The number of hydrogen-bond donors (Lipinski definition) is 0. The molecule has 8 nitrogen and oxygen atoms in total. The first-order chi connectivity index (χ1) is 14.7. The van der Waals surface area contributed by atoms with Crippen LogP contribution in [0.5, 0.6) is 0 Å². The van der Waals surface area contributed by atoms with Crippen molar-refractivity contribution in [2.75, 3.05) is 0 Å². The number of tetrazole rings is 2. The summed E-state index contributed by atoms with van der Waals surface area (Å²) in [6.07, 6.45) is 3.16. The molecule has 4 aromatic rings. The molecule has 2 atom stereocenters. The van der Waals surface area contributed by atoms with Crippen LogP contribution in [-0.2, 0) is 13.1 Å². The van der Waals surface area contributed by atoms with Crippen LogP contribution in [0.3, 0.4) is 0 Å². The Balaban J connectivity index is 1.54. The zero-order valence-electron chi connectivity index (χ0n) is 15.5. The fourth-order valence-corrected chi connectivity index (χ4v) is 12.0. The van der Waals surface area contributed by atoms with Gasteiger partial charge in [0.05, 0.1) is 0 Å². The van der Waals surface area contributed by atoms with E-state index in [0.29, 0.717) is 13.1 Å². The molecule has 2 heterocycles. The van der Waals surface area contributed by atoms with Crippen LogP contribution < -0.4 is 0 Å². The van der Waals surface area contributed by atoms with E-state index in [-0.39, 0.29) is 47.5 Å². The van der Waals surface area contributed by atoms with Gasteiger partial charge in [-0.25, -0.2) is 0 Å². The third kappa shape index (κ3) is 5.54. The maximum absolute atomic E-state index is 13.4. The van der Waals surface area contributed by atoms with Gasteiger partial charge in [-0.2, -0.15) is 0 Å². The molecule has 30 heavy (non-hydrogen) atoms. The SMILES string of the molecule is Fc1ccc(C(Cn2cnnn2)[Se][Se]C(Cn2cnnn2)c2ccc(F)cc2)cc1. The van der Waals surface area contributed by atoms with Crippen molar-refractivity contribution in [1.82, 2.24) is 40.4 Å². The van der Waals surface area contributed by atoms with Crippen LogP contribution in [0.25, 0.3) is 0 Å². The summed E-state index contributed by atoms with van der Waals surface area (Å²) in [5.41, 5.74) is 2.10. The van der Waals surface area contributed by atoms with Crippen molar-refractivity contribution in [2.45, 2.75) is 22.7 Å². The Kier molecular flexibility index (Phi) is 6.91. The van der Waals surface area contributed by atoms with Crippen LogP contribution in [0.2, 0.25) is 0 Å². The monoisotopic (exact) mass is 542 g/mol. The zero-order chi connectivity index (χ0) is 20.8. The summed E-state index contributed by atoms with van der Waals surface area (Å²) >= 11 is 0.341. The van der Waals surface area contributed by atoms with Crippen LogP contribution in [-0.4, -0.2) is 66.7 Å². The second kappa shape index (κ2) is 9.99. The molecule has 0 bridgehead atoms. The number of benzene rings is 2. The number of halogens is 2. The summed E-state index contributed by atoms with van der Waals surface area (Å²) in [6.45, 7) is 1.23. The second-order valence-electron chi connectivity index (χ2n) is 6.34. The second-order valence-corrected chi connectivity index (χ2v) is 13.7. The molecular weight excluding hydrogens is 524 g/mol. The number of rotatable bonds is 9. The molecule has 4 rings (SSSR count). The summed E-state index contributed by atoms with van der Waals surface area (Å²) in [5.74, 6) is -0.526. The van der Waals surface area contributed by atoms with Crippen molar-refractivity contribution in [3.05, 3.63) is 83.9 Å². The van der Waals surface area contributed by atoms with Gasteiger partial charge >= 0.3 is 182 Å². The molecule has 0 fully saturated rings. The Morgan fingerprint density at radius 3 is 1.40 bits per heavy atom. The van der Waals surface area contributed by atoms with Crippen molar-refractivity contribution in [3.8, 4) is 0 Å². The van der Waals surface area contributed by atoms with Gasteiger partial charge in [0.2, 0.25) is 0 Å². The zero-order valence-corrected chi connectivity index (χ0v) is 18.9. The van der Waals surface area contributed by atoms with Crippen molar-refractivity contribution in [1.29, 1.82) is 0 Å². The summed E-state index contributed by atoms with van der Waals surface area (Å²) < 4.78 is 30.2. The quantitative estimate of drug-likeness (QED) is 0.299. The average molecular weight is 540 g/mol. The maximum atomic E-state index is 13.4. The predicted octanol–water partition coefficient (Wildman–Crippen LogP) is 1.44. The summed E-state index contributed by atoms with van der Waals surface area (Å²) in [6, 6.07) is 13.2. The third-order valence-corrected chi connectivity index (χ3v) is 13.5. The van der Waals surface area contributed by atoms with Gasteiger partial charge in [-0.15, -0.1) is 0 Å². The molecule has 2 aromatic carbocycles. The van der Waals surface area contributed by atoms with Crippen molar-refractivity contribution in [3.63, 3.8) is 0 Å². The molecule has 0 saturated carbocycles. The van der Waals surface area contributed by atoms with Crippen LogP contribution >= 0.6 is 0 Å². The normalized spacial score (nSPS) is 13.3. The Morgan fingerprint density at radius 1 is 0.667 bits per heavy atom. The van der Waals surface area contributed by atoms with E-state index in [2.05, 4.69) is 31.1 Å². The first-order valence-corrected chi connectivity index (χ1v) is 15.2. The Bertz CT molecular complexity index is 942. The van der Waals surface area contributed by atoms with Gasteiger partial charge in [-0.1, -0.05) is 0 Å². The van der Waals surface area contributed by atoms with E-state index in [1.54, 1.807) is 22.0 Å². The minimum absolute atomic E-state index is 0.165. The van der Waals surface area contributed by atoms with E-state index >= 15 is 0 Å². The predicted molar refractivity (Wildman–Crippen MR) is 105 cm³/mol. The van der Waals surface area contributed by atoms with E-state index in [4.69, 9.17) is 0 Å². The molecule has 2 aromatic heterocycles. The van der Waals surface area contributed by atoms with Gasteiger partial charge < -0.3 is 0 Å². The first kappa shape index (κ1) is 20.7. The molecule has 0 aliphatic carbocycles. The van der Waals surface area contributed by atoms with Gasteiger partial charge in [-0.05, 0) is 0 Å². The fourth-order valence-electron chi connectivity index (χ4n) is 2.74. The minimum atomic E-state index is -0.263. The molecule has 0 spiro atoms. The van der Waals surface area contributed by atoms with Crippen LogP contribution in [0, 0.1) is 11.6 Å². The van der Waals surface area contributed by atoms with E-state index < -0.39 is 0 Å². The van der Waals surface area contributed by atoms with Crippen LogP contribution in [0.1, 0.15) is 20.8 Å². The molecule has 0 radical (unpaired) electrons. The van der Waals surface area contributed by atoms with E-state index in [0.717, 1.165) is 11.1 Å². The third-order valence-electron chi connectivity index (χ3n) is 4.26. The molecule has 0 aliphatic heterocycles. The summed E-state index contributed by atoms with van der Waals surface area (Å²) in [5, 5.41) is 22.8. The summed E-state index contributed by atoms with van der Waals surface area (Å²) in [7, 11) is 0.